The van der Waals surface area contributed by atoms with E-state index in [-0.39, 0.29) is 5.03 Å². The largest absolute Gasteiger partial charge is 0.740 e. The average molecular weight is 251 g/mol. The normalized spacial score (nSPS) is 11.9. The molecule has 0 saturated heterocycles. The molecule has 0 aliphatic heterocycles. The van der Waals surface area contributed by atoms with Crippen molar-refractivity contribution in [1.29, 1.82) is 0 Å². The molecule has 1 heterocycles. The molecule has 1 aromatic heterocycles. The molecule has 0 unspecified atom stereocenters. The van der Waals surface area contributed by atoms with Gasteiger partial charge in [0.2, 0.25) is 5.52 Å². The van der Waals surface area contributed by atoms with Gasteiger partial charge in [0.15, 0.2) is 10.1 Å². The van der Waals surface area contributed by atoms with Gasteiger partial charge in [0.05, 0.1) is 0 Å². The smallest absolute Gasteiger partial charge is 0.285 e. The van der Waals surface area contributed by atoms with Crippen molar-refractivity contribution in [3.63, 3.8) is 0 Å². The first-order valence-corrected chi connectivity index (χ1v) is 6.73. The lowest BCUT2D eigenvalue weighted by atomic mass is 10.1. The van der Waals surface area contributed by atoms with Crippen LogP contribution in [0.25, 0.3) is 10.9 Å². The van der Waals surface area contributed by atoms with Crippen molar-refractivity contribution in [3.05, 3.63) is 35.9 Å². The first kappa shape index (κ1) is 12.0. The summed E-state index contributed by atoms with van der Waals surface area (Å²) in [6.45, 7) is 4.22. The predicted octanol–water partition coefficient (Wildman–Crippen LogP) is 1.36. The molecule has 0 atom stereocenters. The van der Waals surface area contributed by atoms with E-state index in [1.807, 2.05) is 32.0 Å². The Kier molecular flexibility index (Phi) is 2.89. The van der Waals surface area contributed by atoms with E-state index in [4.69, 9.17) is 0 Å². The molecule has 1 aromatic carbocycles. The highest BCUT2D eigenvalue weighted by Crippen LogP contribution is 2.15. The fourth-order valence-electron chi connectivity index (χ4n) is 1.97. The molecule has 0 bridgehead atoms. The zero-order valence-electron chi connectivity index (χ0n) is 9.67. The summed E-state index contributed by atoms with van der Waals surface area (Å²) in [5, 5.41) is 0.746. The Labute approximate surface area is 100 Å². The van der Waals surface area contributed by atoms with Crippen molar-refractivity contribution in [2.45, 2.75) is 25.4 Å². The fraction of sp³-hybridized carbons (Fsp3) is 0.250. The van der Waals surface area contributed by atoms with E-state index >= 15 is 0 Å². The lowest BCUT2D eigenvalue weighted by Gasteiger charge is -2.08. The van der Waals surface area contributed by atoms with Gasteiger partial charge in [-0.25, -0.2) is 8.42 Å². The van der Waals surface area contributed by atoms with Gasteiger partial charge < -0.3 is 4.55 Å². The van der Waals surface area contributed by atoms with Crippen LogP contribution >= 0.6 is 0 Å². The van der Waals surface area contributed by atoms with Gasteiger partial charge in [-0.05, 0) is 26.0 Å². The van der Waals surface area contributed by atoms with E-state index in [1.165, 1.54) is 10.6 Å². The van der Waals surface area contributed by atoms with Crippen LogP contribution in [0.3, 0.4) is 0 Å². The maximum absolute atomic E-state index is 11.1. The predicted molar refractivity (Wildman–Crippen MR) is 62.5 cm³/mol. The molecule has 0 aliphatic carbocycles. The molecular weight excluding hydrogens is 238 g/mol. The first-order chi connectivity index (χ1) is 7.93. The van der Waals surface area contributed by atoms with E-state index in [0.717, 1.165) is 16.5 Å². The van der Waals surface area contributed by atoms with Crippen molar-refractivity contribution < 1.29 is 17.5 Å². The summed E-state index contributed by atoms with van der Waals surface area (Å²) in [6, 6.07) is 8.73. The van der Waals surface area contributed by atoms with Crippen LogP contribution in [0, 0.1) is 6.92 Å². The summed E-state index contributed by atoms with van der Waals surface area (Å²) >= 11 is 0. The second-order valence-electron chi connectivity index (χ2n) is 3.93. The average Bonchev–Trinajstić information content (AvgIpc) is 2.25. The molecule has 2 rings (SSSR count). The summed E-state index contributed by atoms with van der Waals surface area (Å²) in [6.07, 6.45) is 0. The minimum Gasteiger partial charge on any atom is -0.740 e. The van der Waals surface area contributed by atoms with Crippen LogP contribution < -0.4 is 4.57 Å². The van der Waals surface area contributed by atoms with Gasteiger partial charge >= 0.3 is 0 Å². The van der Waals surface area contributed by atoms with Crippen molar-refractivity contribution in [1.82, 2.24) is 0 Å². The van der Waals surface area contributed by atoms with Gasteiger partial charge in [0, 0.05) is 17.5 Å². The van der Waals surface area contributed by atoms with Crippen molar-refractivity contribution in [2.24, 2.45) is 0 Å². The van der Waals surface area contributed by atoms with Crippen LogP contribution in [0.4, 0.5) is 0 Å². The number of fused-ring (bicyclic) bond motifs is 1. The first-order valence-electron chi connectivity index (χ1n) is 5.32. The Bertz CT molecular complexity index is 677. The van der Waals surface area contributed by atoms with E-state index < -0.39 is 10.1 Å². The molecule has 5 heteroatoms. The van der Waals surface area contributed by atoms with E-state index in [1.54, 1.807) is 6.07 Å². The van der Waals surface area contributed by atoms with Crippen molar-refractivity contribution in [3.8, 4) is 0 Å². The Morgan fingerprint density at radius 2 is 1.94 bits per heavy atom. The number of aryl methyl sites for hydroxylation is 2. The maximum atomic E-state index is 11.1. The van der Waals surface area contributed by atoms with Crippen LogP contribution in [0.2, 0.25) is 0 Å². The zero-order chi connectivity index (χ0) is 12.6. The van der Waals surface area contributed by atoms with Crippen molar-refractivity contribution >= 4 is 21.0 Å². The van der Waals surface area contributed by atoms with Crippen LogP contribution in [0.15, 0.2) is 35.4 Å². The molecule has 0 N–H and O–H groups in total. The zero-order valence-corrected chi connectivity index (χ0v) is 10.5. The lowest BCUT2D eigenvalue weighted by molar-refractivity contribution is -0.706. The molecule has 17 heavy (non-hydrogen) atoms. The van der Waals surface area contributed by atoms with Gasteiger partial charge in [0.25, 0.3) is 5.03 Å². The van der Waals surface area contributed by atoms with Gasteiger partial charge in [-0.15, -0.1) is 0 Å². The standard InChI is InChI=1S/C12H13NO3S/c1-3-13-11-6-4-9(2)8-10(11)5-7-12(13)17(14,15)16/h4-8H,3H2,1-2H3. The Morgan fingerprint density at radius 1 is 1.24 bits per heavy atom. The minimum absolute atomic E-state index is 0.184. The van der Waals surface area contributed by atoms with Crippen LogP contribution in [-0.4, -0.2) is 13.0 Å². The number of rotatable bonds is 2. The van der Waals surface area contributed by atoms with Crippen LogP contribution in [-0.2, 0) is 16.7 Å². The topological polar surface area (TPSA) is 61.1 Å². The molecule has 90 valence electrons. The second kappa shape index (κ2) is 4.09. The van der Waals surface area contributed by atoms with E-state index in [0.29, 0.717) is 6.54 Å². The van der Waals surface area contributed by atoms with E-state index in [9.17, 15) is 13.0 Å². The molecule has 0 saturated carbocycles. The van der Waals surface area contributed by atoms with E-state index in [2.05, 4.69) is 0 Å². The second-order valence-corrected chi connectivity index (χ2v) is 5.26. The Morgan fingerprint density at radius 3 is 2.53 bits per heavy atom. The quantitative estimate of drug-likeness (QED) is 0.598. The number of aromatic nitrogens is 1. The number of hydrogen-bond donors (Lipinski definition) is 0. The third-order valence-corrected chi connectivity index (χ3v) is 3.59. The van der Waals surface area contributed by atoms with Crippen LogP contribution in [0.1, 0.15) is 12.5 Å². The van der Waals surface area contributed by atoms with Gasteiger partial charge in [-0.2, -0.15) is 4.57 Å². The number of nitrogens with zero attached hydrogens (tertiary/aromatic N) is 1. The monoisotopic (exact) mass is 251 g/mol. The number of hydrogen-bond acceptors (Lipinski definition) is 3. The molecule has 2 aromatic rings. The highest BCUT2D eigenvalue weighted by atomic mass is 32.2. The third kappa shape index (κ3) is 2.16. The molecule has 0 amide bonds. The van der Waals surface area contributed by atoms with Crippen molar-refractivity contribution in [2.75, 3.05) is 0 Å². The highest BCUT2D eigenvalue weighted by Gasteiger charge is 2.19. The summed E-state index contributed by atoms with van der Waals surface area (Å²) in [7, 11) is -4.43. The minimum atomic E-state index is -4.43. The van der Waals surface area contributed by atoms with Gasteiger partial charge in [0.1, 0.15) is 6.54 Å². The summed E-state index contributed by atoms with van der Waals surface area (Å²) in [5.74, 6) is 0. The summed E-state index contributed by atoms with van der Waals surface area (Å²) < 4.78 is 35.0. The summed E-state index contributed by atoms with van der Waals surface area (Å²) in [5.41, 5.74) is 1.85. The lowest BCUT2D eigenvalue weighted by Crippen LogP contribution is -2.39. The molecular formula is C12H13NO3S. The highest BCUT2D eigenvalue weighted by molar-refractivity contribution is 7.85. The number of pyridine rings is 1. The fourth-order valence-corrected chi connectivity index (χ4v) is 2.70. The number of benzene rings is 1. The third-order valence-electron chi connectivity index (χ3n) is 2.72. The molecule has 0 aliphatic rings. The molecule has 0 radical (unpaired) electrons. The van der Waals surface area contributed by atoms with Gasteiger partial charge in [-0.3, -0.25) is 0 Å². The molecule has 0 fully saturated rings. The SMILES string of the molecule is CC[n+]1c(S(=O)(=O)[O-])ccc2cc(C)ccc21. The molecule has 0 spiro atoms. The Hall–Kier alpha value is -1.46. The Balaban J connectivity index is 2.88. The summed E-state index contributed by atoms with van der Waals surface area (Å²) in [4.78, 5) is 0. The molecule has 4 nitrogen and oxygen atoms in total. The maximum Gasteiger partial charge on any atom is 0.285 e. The van der Waals surface area contributed by atoms with Gasteiger partial charge in [-0.1, -0.05) is 11.6 Å². The van der Waals surface area contributed by atoms with Crippen LogP contribution in [0.5, 0.6) is 0 Å².